The van der Waals surface area contributed by atoms with Crippen molar-refractivity contribution >= 4 is 17.6 Å². The second kappa shape index (κ2) is 4.53. The van der Waals surface area contributed by atoms with Crippen molar-refractivity contribution in [1.82, 2.24) is 9.80 Å². The molecule has 1 heterocycles. The summed E-state index contributed by atoms with van der Waals surface area (Å²) in [5.74, 6) is -0.736. The van der Waals surface area contributed by atoms with E-state index in [4.69, 9.17) is 0 Å². The molecule has 1 aliphatic heterocycles. The monoisotopic (exact) mass is 212 g/mol. The summed E-state index contributed by atoms with van der Waals surface area (Å²) in [4.78, 5) is 36.8. The number of ketones is 1. The van der Waals surface area contributed by atoms with Crippen LogP contribution >= 0.6 is 0 Å². The molecule has 1 aliphatic rings. The molecule has 0 N–H and O–H groups in total. The van der Waals surface area contributed by atoms with Gasteiger partial charge in [-0.3, -0.25) is 24.2 Å². The number of hydrogen-bond acceptors (Lipinski definition) is 4. The molecular formula is C10H16N2O3. The smallest absolute Gasteiger partial charge is 0.243 e. The maximum Gasteiger partial charge on any atom is 0.243 e. The van der Waals surface area contributed by atoms with Crippen LogP contribution in [0, 0.1) is 0 Å². The van der Waals surface area contributed by atoms with Crippen molar-refractivity contribution in [3.05, 3.63) is 0 Å². The van der Waals surface area contributed by atoms with Gasteiger partial charge in [-0.05, 0) is 20.8 Å². The summed E-state index contributed by atoms with van der Waals surface area (Å²) in [6, 6.07) is 0.164. The first-order valence-corrected chi connectivity index (χ1v) is 4.98. The predicted molar refractivity (Wildman–Crippen MR) is 54.1 cm³/mol. The van der Waals surface area contributed by atoms with Crippen molar-refractivity contribution < 1.29 is 14.4 Å². The van der Waals surface area contributed by atoms with Gasteiger partial charge in [0, 0.05) is 6.04 Å². The van der Waals surface area contributed by atoms with Gasteiger partial charge in [0.2, 0.25) is 11.8 Å². The third-order valence-electron chi connectivity index (χ3n) is 2.39. The summed E-state index contributed by atoms with van der Waals surface area (Å²) in [6.07, 6.45) is 0. The highest BCUT2D eigenvalue weighted by atomic mass is 16.2. The van der Waals surface area contributed by atoms with Crippen molar-refractivity contribution in [2.24, 2.45) is 0 Å². The van der Waals surface area contributed by atoms with Crippen molar-refractivity contribution in [1.29, 1.82) is 0 Å². The van der Waals surface area contributed by atoms with Gasteiger partial charge in [0.1, 0.15) is 5.78 Å². The zero-order chi connectivity index (χ0) is 11.6. The van der Waals surface area contributed by atoms with E-state index >= 15 is 0 Å². The number of imide groups is 1. The molecule has 0 radical (unpaired) electrons. The van der Waals surface area contributed by atoms with E-state index in [1.165, 1.54) is 6.92 Å². The number of carbonyl (C=O) groups is 3. The van der Waals surface area contributed by atoms with Crippen molar-refractivity contribution in [2.75, 3.05) is 19.6 Å². The SMILES string of the molecule is CC(=O)CN1C(=O)CN(C(C)C)CC1=O. The van der Waals surface area contributed by atoms with Crippen molar-refractivity contribution in [3.8, 4) is 0 Å². The second-order valence-electron chi connectivity index (χ2n) is 4.07. The number of amides is 2. The third kappa shape index (κ3) is 2.86. The van der Waals surface area contributed by atoms with E-state index in [-0.39, 0.29) is 43.3 Å². The number of rotatable bonds is 3. The lowest BCUT2D eigenvalue weighted by molar-refractivity contribution is -0.154. The molecule has 0 bridgehead atoms. The summed E-state index contributed by atoms with van der Waals surface area (Å²) in [7, 11) is 0. The number of piperazine rings is 1. The number of Topliss-reactive ketones (excluding diaryl/α,β-unsaturated/α-hetero) is 1. The molecule has 0 aromatic heterocycles. The molecule has 0 aromatic carbocycles. The Morgan fingerprint density at radius 3 is 2.07 bits per heavy atom. The summed E-state index contributed by atoms with van der Waals surface area (Å²) < 4.78 is 0. The standard InChI is InChI=1S/C10H16N2O3/c1-7(2)11-5-9(14)12(4-8(3)13)10(15)6-11/h7H,4-6H2,1-3H3. The molecule has 0 spiro atoms. The van der Waals surface area contributed by atoms with Crippen LogP contribution in [-0.4, -0.2) is 53.1 Å². The molecule has 0 aromatic rings. The molecule has 0 saturated carbocycles. The number of carbonyl (C=O) groups excluding carboxylic acids is 3. The Hall–Kier alpha value is -1.23. The molecule has 5 heteroatoms. The fraction of sp³-hybridized carbons (Fsp3) is 0.700. The molecule has 1 fully saturated rings. The van der Waals surface area contributed by atoms with Gasteiger partial charge in [-0.1, -0.05) is 0 Å². The van der Waals surface area contributed by atoms with Crippen LogP contribution in [0.4, 0.5) is 0 Å². The van der Waals surface area contributed by atoms with Gasteiger partial charge in [-0.2, -0.15) is 0 Å². The predicted octanol–water partition coefficient (Wildman–Crippen LogP) is -0.345. The highest BCUT2D eigenvalue weighted by molar-refractivity contribution is 6.02. The Kier molecular flexibility index (Phi) is 3.57. The highest BCUT2D eigenvalue weighted by Crippen LogP contribution is 2.08. The Labute approximate surface area is 89.0 Å². The molecule has 84 valence electrons. The summed E-state index contributed by atoms with van der Waals surface area (Å²) in [6.45, 7) is 5.58. The average molecular weight is 212 g/mol. The Bertz CT molecular complexity index is 281. The normalized spacial score (nSPS) is 18.8. The van der Waals surface area contributed by atoms with Crippen LogP contribution in [0.15, 0.2) is 0 Å². The summed E-state index contributed by atoms with van der Waals surface area (Å²) >= 11 is 0. The minimum Gasteiger partial charge on any atom is -0.298 e. The van der Waals surface area contributed by atoms with Crippen LogP contribution < -0.4 is 0 Å². The fourth-order valence-corrected chi connectivity index (χ4v) is 1.48. The molecule has 0 unspecified atom stereocenters. The maximum atomic E-state index is 11.6. The summed E-state index contributed by atoms with van der Waals surface area (Å²) in [5.41, 5.74) is 0. The third-order valence-corrected chi connectivity index (χ3v) is 2.39. The van der Waals surface area contributed by atoms with Gasteiger partial charge in [0.15, 0.2) is 0 Å². The van der Waals surface area contributed by atoms with E-state index in [9.17, 15) is 14.4 Å². The second-order valence-corrected chi connectivity index (χ2v) is 4.07. The van der Waals surface area contributed by atoms with Crippen molar-refractivity contribution in [3.63, 3.8) is 0 Å². The molecule has 1 saturated heterocycles. The van der Waals surface area contributed by atoms with Crippen molar-refractivity contribution in [2.45, 2.75) is 26.8 Å². The number of hydrogen-bond donors (Lipinski definition) is 0. The van der Waals surface area contributed by atoms with Gasteiger partial charge in [-0.15, -0.1) is 0 Å². The van der Waals surface area contributed by atoms with Gasteiger partial charge in [-0.25, -0.2) is 0 Å². The zero-order valence-corrected chi connectivity index (χ0v) is 9.32. The van der Waals surface area contributed by atoms with Crippen LogP contribution in [0.2, 0.25) is 0 Å². The first-order valence-electron chi connectivity index (χ1n) is 4.98. The first kappa shape index (κ1) is 11.8. The quantitative estimate of drug-likeness (QED) is 0.600. The highest BCUT2D eigenvalue weighted by Gasteiger charge is 2.32. The Balaban J connectivity index is 2.69. The first-order chi connectivity index (χ1) is 6.91. The van der Waals surface area contributed by atoms with Gasteiger partial charge in [0.25, 0.3) is 0 Å². The molecule has 2 amide bonds. The molecule has 15 heavy (non-hydrogen) atoms. The van der Waals surface area contributed by atoms with E-state index < -0.39 is 0 Å². The Morgan fingerprint density at radius 2 is 1.73 bits per heavy atom. The van der Waals surface area contributed by atoms with E-state index in [2.05, 4.69) is 0 Å². The Morgan fingerprint density at radius 1 is 1.27 bits per heavy atom. The fourth-order valence-electron chi connectivity index (χ4n) is 1.48. The molecular weight excluding hydrogens is 196 g/mol. The molecule has 5 nitrogen and oxygen atoms in total. The topological polar surface area (TPSA) is 57.7 Å². The van der Waals surface area contributed by atoms with Crippen LogP contribution in [0.25, 0.3) is 0 Å². The van der Waals surface area contributed by atoms with Gasteiger partial charge >= 0.3 is 0 Å². The van der Waals surface area contributed by atoms with Gasteiger partial charge in [0.05, 0.1) is 19.6 Å². The van der Waals surface area contributed by atoms with E-state index in [1.807, 2.05) is 13.8 Å². The van der Waals surface area contributed by atoms with Crippen LogP contribution in [0.5, 0.6) is 0 Å². The van der Waals surface area contributed by atoms with E-state index in [0.29, 0.717) is 0 Å². The lowest BCUT2D eigenvalue weighted by atomic mass is 10.2. The molecule has 0 aliphatic carbocycles. The largest absolute Gasteiger partial charge is 0.298 e. The average Bonchev–Trinajstić information content (AvgIpc) is 2.10. The zero-order valence-electron chi connectivity index (χ0n) is 9.32. The minimum atomic E-state index is -0.282. The molecule has 1 rings (SSSR count). The van der Waals surface area contributed by atoms with Crippen LogP contribution in [-0.2, 0) is 14.4 Å². The van der Waals surface area contributed by atoms with Crippen LogP contribution in [0.3, 0.4) is 0 Å². The summed E-state index contributed by atoms with van der Waals surface area (Å²) in [5, 5.41) is 0. The number of nitrogens with zero attached hydrogens (tertiary/aromatic N) is 2. The van der Waals surface area contributed by atoms with Gasteiger partial charge < -0.3 is 0 Å². The van der Waals surface area contributed by atoms with E-state index in [0.717, 1.165) is 4.90 Å². The minimum absolute atomic E-state index is 0.0936. The lowest BCUT2D eigenvalue weighted by Gasteiger charge is -2.34. The van der Waals surface area contributed by atoms with E-state index in [1.54, 1.807) is 4.90 Å². The maximum absolute atomic E-state index is 11.6. The lowest BCUT2D eigenvalue weighted by Crippen LogP contribution is -2.56. The molecule has 0 atom stereocenters. The van der Waals surface area contributed by atoms with Crippen LogP contribution in [0.1, 0.15) is 20.8 Å².